The summed E-state index contributed by atoms with van der Waals surface area (Å²) >= 11 is 0. The molecule has 11 heteroatoms. The Bertz CT molecular complexity index is 759. The third-order valence-corrected chi connectivity index (χ3v) is 3.62. The molecule has 1 N–H and O–H groups in total. The van der Waals surface area contributed by atoms with E-state index in [-0.39, 0.29) is 17.8 Å². The standard InChI is InChI=1S/C17H20F4N4O3/c1-3-27-14(28-4-2)10-25-9-13(23-24-25)16(26)22-15(17(19,20)21)11-5-7-12(18)8-6-11/h5-9,14-15H,3-4,10H2,1-2H3,(H,22,26). The Morgan fingerprint density at radius 2 is 1.79 bits per heavy atom. The Kier molecular flexibility index (Phi) is 7.46. The van der Waals surface area contributed by atoms with Crippen molar-refractivity contribution in [2.45, 2.75) is 38.9 Å². The molecule has 1 amide bonds. The van der Waals surface area contributed by atoms with Crippen LogP contribution in [0.4, 0.5) is 17.6 Å². The lowest BCUT2D eigenvalue weighted by Crippen LogP contribution is -2.38. The maximum atomic E-state index is 13.3. The topological polar surface area (TPSA) is 78.3 Å². The molecule has 7 nitrogen and oxygen atoms in total. The predicted octanol–water partition coefficient (Wildman–Crippen LogP) is 2.85. The molecule has 0 aliphatic heterocycles. The lowest BCUT2D eigenvalue weighted by molar-refractivity contribution is -0.155. The maximum absolute atomic E-state index is 13.3. The van der Waals surface area contributed by atoms with Gasteiger partial charge in [0.25, 0.3) is 5.91 Å². The van der Waals surface area contributed by atoms with Gasteiger partial charge in [0.1, 0.15) is 5.82 Å². The van der Waals surface area contributed by atoms with Gasteiger partial charge in [-0.25, -0.2) is 9.07 Å². The molecule has 1 atom stereocenters. The fraction of sp³-hybridized carbons (Fsp3) is 0.471. The molecule has 0 saturated carbocycles. The van der Waals surface area contributed by atoms with E-state index in [0.29, 0.717) is 13.2 Å². The van der Waals surface area contributed by atoms with E-state index in [2.05, 4.69) is 10.3 Å². The summed E-state index contributed by atoms with van der Waals surface area (Å²) in [5.41, 5.74) is -0.606. The zero-order valence-corrected chi connectivity index (χ0v) is 15.2. The minimum atomic E-state index is -4.78. The largest absolute Gasteiger partial charge is 0.412 e. The smallest absolute Gasteiger partial charge is 0.351 e. The van der Waals surface area contributed by atoms with E-state index in [1.807, 2.05) is 5.32 Å². The Morgan fingerprint density at radius 3 is 2.32 bits per heavy atom. The normalized spacial score (nSPS) is 13.0. The number of carbonyl (C=O) groups excluding carboxylic acids is 1. The number of hydrogen-bond donors (Lipinski definition) is 1. The molecule has 0 aliphatic rings. The van der Waals surface area contributed by atoms with Crippen molar-refractivity contribution in [2.75, 3.05) is 13.2 Å². The highest BCUT2D eigenvalue weighted by atomic mass is 19.4. The van der Waals surface area contributed by atoms with Crippen LogP contribution in [0.5, 0.6) is 0 Å². The van der Waals surface area contributed by atoms with Gasteiger partial charge in [-0.05, 0) is 31.5 Å². The number of hydrogen-bond acceptors (Lipinski definition) is 5. The van der Waals surface area contributed by atoms with E-state index in [1.54, 1.807) is 13.8 Å². The molecule has 1 aromatic heterocycles. The van der Waals surface area contributed by atoms with Crippen LogP contribution in [0.15, 0.2) is 30.5 Å². The Labute approximate surface area is 158 Å². The number of carbonyl (C=O) groups is 1. The number of alkyl halides is 3. The number of rotatable bonds is 9. The van der Waals surface area contributed by atoms with E-state index < -0.39 is 30.2 Å². The monoisotopic (exact) mass is 404 g/mol. The fourth-order valence-electron chi connectivity index (χ4n) is 2.38. The molecular formula is C17H20F4N4O3. The molecule has 1 heterocycles. The molecule has 0 bridgehead atoms. The summed E-state index contributed by atoms with van der Waals surface area (Å²) in [6, 6.07) is 1.37. The van der Waals surface area contributed by atoms with Crippen LogP contribution in [0.3, 0.4) is 0 Å². The van der Waals surface area contributed by atoms with Gasteiger partial charge in [-0.1, -0.05) is 17.3 Å². The second-order valence-corrected chi connectivity index (χ2v) is 5.67. The highest BCUT2D eigenvalue weighted by Crippen LogP contribution is 2.32. The molecule has 2 aromatic rings. The summed E-state index contributed by atoms with van der Waals surface area (Å²) in [6.07, 6.45) is -4.22. The van der Waals surface area contributed by atoms with Crippen molar-refractivity contribution >= 4 is 5.91 Å². The van der Waals surface area contributed by atoms with E-state index in [0.717, 1.165) is 24.3 Å². The first-order valence-electron chi connectivity index (χ1n) is 8.51. The average Bonchev–Trinajstić information content (AvgIpc) is 3.08. The second-order valence-electron chi connectivity index (χ2n) is 5.67. The summed E-state index contributed by atoms with van der Waals surface area (Å²) < 4.78 is 64.9. The van der Waals surface area contributed by atoms with Crippen molar-refractivity contribution in [1.82, 2.24) is 20.3 Å². The van der Waals surface area contributed by atoms with E-state index in [1.165, 1.54) is 10.9 Å². The third kappa shape index (κ3) is 5.99. The van der Waals surface area contributed by atoms with Crippen LogP contribution in [-0.4, -0.2) is 46.6 Å². The van der Waals surface area contributed by atoms with Crippen LogP contribution in [-0.2, 0) is 16.0 Å². The Morgan fingerprint density at radius 1 is 1.18 bits per heavy atom. The second kappa shape index (κ2) is 9.60. The van der Waals surface area contributed by atoms with Crippen molar-refractivity contribution in [3.63, 3.8) is 0 Å². The molecule has 2 rings (SSSR count). The highest BCUT2D eigenvalue weighted by Gasteiger charge is 2.42. The molecule has 28 heavy (non-hydrogen) atoms. The molecule has 1 unspecified atom stereocenters. The molecule has 154 valence electrons. The van der Waals surface area contributed by atoms with Crippen LogP contribution in [0.1, 0.15) is 35.9 Å². The van der Waals surface area contributed by atoms with Gasteiger partial charge in [-0.3, -0.25) is 4.79 Å². The first-order chi connectivity index (χ1) is 13.2. The number of aromatic nitrogens is 3. The van der Waals surface area contributed by atoms with E-state index >= 15 is 0 Å². The van der Waals surface area contributed by atoms with Crippen molar-refractivity contribution in [3.05, 3.63) is 47.5 Å². The third-order valence-electron chi connectivity index (χ3n) is 3.62. The van der Waals surface area contributed by atoms with Gasteiger partial charge in [0.2, 0.25) is 0 Å². The lowest BCUT2D eigenvalue weighted by Gasteiger charge is -2.21. The number of nitrogens with zero attached hydrogens (tertiary/aromatic N) is 3. The van der Waals surface area contributed by atoms with Crippen molar-refractivity contribution in [1.29, 1.82) is 0 Å². The molecular weight excluding hydrogens is 384 g/mol. The molecule has 0 aliphatic carbocycles. The highest BCUT2D eigenvalue weighted by molar-refractivity contribution is 5.92. The van der Waals surface area contributed by atoms with Crippen LogP contribution < -0.4 is 5.32 Å². The van der Waals surface area contributed by atoms with Gasteiger partial charge in [-0.2, -0.15) is 13.2 Å². The van der Waals surface area contributed by atoms with Gasteiger partial charge < -0.3 is 14.8 Å². The predicted molar refractivity (Wildman–Crippen MR) is 89.7 cm³/mol. The number of halogens is 4. The number of benzene rings is 1. The van der Waals surface area contributed by atoms with Crippen molar-refractivity contribution in [2.24, 2.45) is 0 Å². The van der Waals surface area contributed by atoms with Gasteiger partial charge in [0, 0.05) is 13.2 Å². The van der Waals surface area contributed by atoms with Crippen molar-refractivity contribution in [3.8, 4) is 0 Å². The summed E-state index contributed by atoms with van der Waals surface area (Å²) in [4.78, 5) is 12.2. The number of nitrogens with one attached hydrogen (secondary N) is 1. The minimum absolute atomic E-state index is 0.114. The number of ether oxygens (including phenoxy) is 2. The maximum Gasteiger partial charge on any atom is 0.412 e. The van der Waals surface area contributed by atoms with Crippen LogP contribution in [0, 0.1) is 5.82 Å². The summed E-state index contributed by atoms with van der Waals surface area (Å²) in [5.74, 6) is -1.75. The zero-order chi connectivity index (χ0) is 20.7. The quantitative estimate of drug-likeness (QED) is 0.514. The Hall–Kier alpha value is -2.53. The van der Waals surface area contributed by atoms with Gasteiger partial charge in [0.15, 0.2) is 18.0 Å². The van der Waals surface area contributed by atoms with Gasteiger partial charge in [-0.15, -0.1) is 5.10 Å². The summed E-state index contributed by atoms with van der Waals surface area (Å²) in [5, 5.41) is 9.17. The minimum Gasteiger partial charge on any atom is -0.351 e. The van der Waals surface area contributed by atoms with Gasteiger partial charge in [0.05, 0.1) is 12.7 Å². The first-order valence-corrected chi connectivity index (χ1v) is 8.51. The van der Waals surface area contributed by atoms with Crippen LogP contribution in [0.25, 0.3) is 0 Å². The zero-order valence-electron chi connectivity index (χ0n) is 15.2. The van der Waals surface area contributed by atoms with Gasteiger partial charge >= 0.3 is 6.18 Å². The van der Waals surface area contributed by atoms with Crippen molar-refractivity contribution < 1.29 is 31.8 Å². The number of amides is 1. The molecule has 0 saturated heterocycles. The Balaban J connectivity index is 2.11. The summed E-state index contributed by atoms with van der Waals surface area (Å²) in [7, 11) is 0. The lowest BCUT2D eigenvalue weighted by atomic mass is 10.1. The molecule has 0 radical (unpaired) electrons. The van der Waals surface area contributed by atoms with Crippen LogP contribution in [0.2, 0.25) is 0 Å². The van der Waals surface area contributed by atoms with E-state index in [9.17, 15) is 22.4 Å². The van der Waals surface area contributed by atoms with Crippen LogP contribution >= 0.6 is 0 Å². The summed E-state index contributed by atoms with van der Waals surface area (Å²) in [6.45, 7) is 4.44. The molecule has 1 aromatic carbocycles. The van der Waals surface area contributed by atoms with E-state index in [4.69, 9.17) is 9.47 Å². The average molecular weight is 404 g/mol. The molecule has 0 spiro atoms. The SMILES string of the molecule is CCOC(Cn1cc(C(=O)NC(c2ccc(F)cc2)C(F)(F)F)nn1)OCC. The first kappa shape index (κ1) is 21.8. The molecule has 0 fully saturated rings. The fourth-order valence-corrected chi connectivity index (χ4v) is 2.38.